The molecule has 6 heteroatoms. The van der Waals surface area contributed by atoms with Gasteiger partial charge < -0.3 is 15.0 Å². The Morgan fingerprint density at radius 1 is 1.25 bits per heavy atom. The van der Waals surface area contributed by atoms with Crippen LogP contribution in [0.5, 0.6) is 5.75 Å². The van der Waals surface area contributed by atoms with E-state index in [1.807, 2.05) is 12.1 Å². The van der Waals surface area contributed by atoms with Crippen molar-refractivity contribution in [3.05, 3.63) is 64.8 Å². The second kappa shape index (κ2) is 8.29. The fraction of sp³-hybridized carbons (Fsp3) is 0.318. The van der Waals surface area contributed by atoms with E-state index in [0.717, 1.165) is 29.1 Å². The Kier molecular flexibility index (Phi) is 5.59. The van der Waals surface area contributed by atoms with Crippen molar-refractivity contribution in [1.82, 2.24) is 10.2 Å². The SMILES string of the molecule is CN1CCC(c2c(C(=O)NCCOc3ccc(F)cc3)sc3ccccc23)C1. The van der Waals surface area contributed by atoms with Crippen LogP contribution in [-0.2, 0) is 0 Å². The fourth-order valence-electron chi connectivity index (χ4n) is 3.75. The lowest BCUT2D eigenvalue weighted by molar-refractivity contribution is 0.0950. The maximum atomic E-state index is 12.9. The van der Waals surface area contributed by atoms with Crippen molar-refractivity contribution < 1.29 is 13.9 Å². The number of amides is 1. The van der Waals surface area contributed by atoms with Gasteiger partial charge >= 0.3 is 0 Å². The Balaban J connectivity index is 1.45. The molecular formula is C22H23FN2O2S. The molecule has 3 aromatic rings. The number of nitrogens with one attached hydrogen (secondary N) is 1. The molecule has 0 spiro atoms. The van der Waals surface area contributed by atoms with Crippen LogP contribution in [0.2, 0.25) is 0 Å². The molecule has 2 heterocycles. The van der Waals surface area contributed by atoms with Crippen molar-refractivity contribution in [3.63, 3.8) is 0 Å². The summed E-state index contributed by atoms with van der Waals surface area (Å²) in [5.41, 5.74) is 1.18. The molecule has 0 aliphatic carbocycles. The van der Waals surface area contributed by atoms with E-state index in [1.54, 1.807) is 23.5 Å². The number of nitrogens with zero attached hydrogens (tertiary/aromatic N) is 1. The van der Waals surface area contributed by atoms with Gasteiger partial charge in [-0.05, 0) is 61.3 Å². The van der Waals surface area contributed by atoms with Crippen LogP contribution in [0, 0.1) is 5.82 Å². The smallest absolute Gasteiger partial charge is 0.261 e. The van der Waals surface area contributed by atoms with E-state index >= 15 is 0 Å². The van der Waals surface area contributed by atoms with E-state index in [2.05, 4.69) is 29.4 Å². The van der Waals surface area contributed by atoms with E-state index in [4.69, 9.17) is 4.74 Å². The second-order valence-electron chi connectivity index (χ2n) is 7.15. The van der Waals surface area contributed by atoms with Crippen LogP contribution < -0.4 is 10.1 Å². The molecule has 1 fully saturated rings. The number of rotatable bonds is 6. The Bertz CT molecular complexity index is 970. The number of halogens is 1. The first-order chi connectivity index (χ1) is 13.6. The monoisotopic (exact) mass is 398 g/mol. The lowest BCUT2D eigenvalue weighted by atomic mass is 9.95. The first kappa shape index (κ1) is 18.9. The Morgan fingerprint density at radius 2 is 2.04 bits per heavy atom. The number of thiophene rings is 1. The van der Waals surface area contributed by atoms with Gasteiger partial charge in [0.1, 0.15) is 18.2 Å². The molecule has 1 N–H and O–H groups in total. The van der Waals surface area contributed by atoms with Gasteiger partial charge in [0.2, 0.25) is 0 Å². The van der Waals surface area contributed by atoms with E-state index in [1.165, 1.54) is 23.1 Å². The Labute approximate surface area is 167 Å². The zero-order valence-electron chi connectivity index (χ0n) is 15.8. The summed E-state index contributed by atoms with van der Waals surface area (Å²) in [6, 6.07) is 14.1. The highest BCUT2D eigenvalue weighted by Crippen LogP contribution is 2.39. The molecule has 4 rings (SSSR count). The molecule has 1 aromatic heterocycles. The molecule has 1 saturated heterocycles. The van der Waals surface area contributed by atoms with Crippen molar-refractivity contribution in [3.8, 4) is 5.75 Å². The first-order valence-electron chi connectivity index (χ1n) is 9.48. The predicted molar refractivity (Wildman–Crippen MR) is 111 cm³/mol. The maximum Gasteiger partial charge on any atom is 0.261 e. The number of likely N-dealkylation sites (N-methyl/N-ethyl adjacent to an activating group) is 1. The van der Waals surface area contributed by atoms with Crippen molar-refractivity contribution in [2.24, 2.45) is 0 Å². The highest BCUT2D eigenvalue weighted by atomic mass is 32.1. The third kappa shape index (κ3) is 4.03. The van der Waals surface area contributed by atoms with Gasteiger partial charge in [-0.25, -0.2) is 4.39 Å². The van der Waals surface area contributed by atoms with Crippen LogP contribution in [-0.4, -0.2) is 44.1 Å². The topological polar surface area (TPSA) is 41.6 Å². The average molecular weight is 399 g/mol. The standard InChI is InChI=1S/C22H23FN2O2S/c1-25-12-10-15(14-25)20-18-4-2-3-5-19(18)28-21(20)22(26)24-11-13-27-17-8-6-16(23)7-9-17/h2-9,15H,10-14H2,1H3,(H,24,26). The maximum absolute atomic E-state index is 12.9. The van der Waals surface area contributed by atoms with Crippen LogP contribution in [0.25, 0.3) is 10.1 Å². The number of hydrogen-bond acceptors (Lipinski definition) is 4. The largest absolute Gasteiger partial charge is 0.492 e. The van der Waals surface area contributed by atoms with Crippen LogP contribution in [0.15, 0.2) is 48.5 Å². The molecule has 2 aromatic carbocycles. The van der Waals surface area contributed by atoms with Gasteiger partial charge in [0.05, 0.1) is 11.4 Å². The van der Waals surface area contributed by atoms with Gasteiger partial charge in [-0.3, -0.25) is 4.79 Å². The van der Waals surface area contributed by atoms with E-state index in [0.29, 0.717) is 24.8 Å². The molecule has 1 aliphatic rings. The van der Waals surface area contributed by atoms with Crippen LogP contribution >= 0.6 is 11.3 Å². The number of carbonyl (C=O) groups excluding carboxylic acids is 1. The summed E-state index contributed by atoms with van der Waals surface area (Å²) >= 11 is 1.56. The van der Waals surface area contributed by atoms with E-state index < -0.39 is 0 Å². The zero-order valence-corrected chi connectivity index (χ0v) is 16.6. The van der Waals surface area contributed by atoms with Gasteiger partial charge in [-0.2, -0.15) is 0 Å². The Hall–Kier alpha value is -2.44. The third-order valence-corrected chi connectivity index (χ3v) is 6.30. The lowest BCUT2D eigenvalue weighted by Crippen LogP contribution is -2.28. The molecule has 4 nitrogen and oxygen atoms in total. The molecule has 1 unspecified atom stereocenters. The fourth-order valence-corrected chi connectivity index (χ4v) is 4.96. The van der Waals surface area contributed by atoms with E-state index in [9.17, 15) is 9.18 Å². The summed E-state index contributed by atoms with van der Waals surface area (Å²) in [7, 11) is 2.13. The van der Waals surface area contributed by atoms with Crippen LogP contribution in [0.4, 0.5) is 4.39 Å². The van der Waals surface area contributed by atoms with E-state index in [-0.39, 0.29) is 11.7 Å². The predicted octanol–water partition coefficient (Wildman–Crippen LogP) is 4.27. The quantitative estimate of drug-likeness (QED) is 0.631. The minimum absolute atomic E-state index is 0.0477. The Morgan fingerprint density at radius 3 is 2.79 bits per heavy atom. The summed E-state index contributed by atoms with van der Waals surface area (Å²) in [4.78, 5) is 16.0. The zero-order chi connectivity index (χ0) is 19.5. The van der Waals surface area contributed by atoms with Crippen molar-refractivity contribution in [2.45, 2.75) is 12.3 Å². The van der Waals surface area contributed by atoms with Gasteiger partial charge in [-0.15, -0.1) is 11.3 Å². The summed E-state index contributed by atoms with van der Waals surface area (Å²) < 4.78 is 19.7. The number of carbonyl (C=O) groups is 1. The molecular weight excluding hydrogens is 375 g/mol. The number of likely N-dealkylation sites (tertiary alicyclic amines) is 1. The summed E-state index contributed by atoms with van der Waals surface area (Å²) in [6.45, 7) is 2.77. The number of benzene rings is 2. The third-order valence-electron chi connectivity index (χ3n) is 5.11. The first-order valence-corrected chi connectivity index (χ1v) is 10.3. The van der Waals surface area contributed by atoms with Crippen molar-refractivity contribution in [1.29, 1.82) is 0 Å². The van der Waals surface area contributed by atoms with Gasteiger partial charge in [-0.1, -0.05) is 18.2 Å². The van der Waals surface area contributed by atoms with Gasteiger partial charge in [0.25, 0.3) is 5.91 Å². The average Bonchev–Trinajstić information content (AvgIpc) is 3.29. The number of fused-ring (bicyclic) bond motifs is 1. The molecule has 0 saturated carbocycles. The molecule has 1 amide bonds. The minimum atomic E-state index is -0.296. The number of ether oxygens (including phenoxy) is 1. The molecule has 146 valence electrons. The summed E-state index contributed by atoms with van der Waals surface area (Å²) in [6.07, 6.45) is 1.07. The summed E-state index contributed by atoms with van der Waals surface area (Å²) in [5, 5.41) is 4.17. The molecule has 28 heavy (non-hydrogen) atoms. The van der Waals surface area contributed by atoms with Crippen molar-refractivity contribution >= 4 is 27.3 Å². The van der Waals surface area contributed by atoms with Crippen LogP contribution in [0.3, 0.4) is 0 Å². The summed E-state index contributed by atoms with van der Waals surface area (Å²) in [5.74, 6) is 0.633. The molecule has 1 atom stereocenters. The second-order valence-corrected chi connectivity index (χ2v) is 8.20. The molecule has 1 aliphatic heterocycles. The normalized spacial score (nSPS) is 17.1. The van der Waals surface area contributed by atoms with Gasteiger partial charge in [0.15, 0.2) is 0 Å². The molecule has 0 bridgehead atoms. The van der Waals surface area contributed by atoms with Crippen molar-refractivity contribution in [2.75, 3.05) is 33.3 Å². The molecule has 0 radical (unpaired) electrons. The van der Waals surface area contributed by atoms with Gasteiger partial charge in [0, 0.05) is 17.2 Å². The van der Waals surface area contributed by atoms with Crippen LogP contribution in [0.1, 0.15) is 27.6 Å². The number of hydrogen-bond donors (Lipinski definition) is 1. The highest BCUT2D eigenvalue weighted by Gasteiger charge is 2.29. The minimum Gasteiger partial charge on any atom is -0.492 e. The lowest BCUT2D eigenvalue weighted by Gasteiger charge is -2.13. The highest BCUT2D eigenvalue weighted by molar-refractivity contribution is 7.21.